The average Bonchev–Trinajstić information content (AvgIpc) is 2.49. The Morgan fingerprint density at radius 2 is 1.93 bits per heavy atom. The molecule has 1 aromatic heterocycles. The van der Waals surface area contributed by atoms with Gasteiger partial charge < -0.3 is 0 Å². The zero-order chi connectivity index (χ0) is 11.4. The van der Waals surface area contributed by atoms with Crippen LogP contribution in [0.2, 0.25) is 4.47 Å². The summed E-state index contributed by atoms with van der Waals surface area (Å²) in [7, 11) is 0. The molecule has 0 saturated carbocycles. The Hall–Kier alpha value is -0.190. The van der Waals surface area contributed by atoms with Gasteiger partial charge in [0.05, 0.1) is 6.54 Å². The van der Waals surface area contributed by atoms with Crippen molar-refractivity contribution < 1.29 is 0 Å². The summed E-state index contributed by atoms with van der Waals surface area (Å²) in [6, 6.07) is 0.523. The van der Waals surface area contributed by atoms with Gasteiger partial charge in [0.25, 0.3) is 0 Å². The van der Waals surface area contributed by atoms with Crippen molar-refractivity contribution in [2.75, 3.05) is 6.54 Å². The van der Waals surface area contributed by atoms with Crippen LogP contribution in [0, 0.1) is 5.92 Å². The van der Waals surface area contributed by atoms with Crippen LogP contribution in [0.25, 0.3) is 0 Å². The predicted molar refractivity (Wildman–Crippen MR) is 65.3 cm³/mol. The molecule has 0 spiro atoms. The molecule has 3 nitrogen and oxygen atoms in total. The minimum absolute atomic E-state index is 0.523. The molecule has 0 aromatic carbocycles. The molecule has 0 unspecified atom stereocenters. The third-order valence-electron chi connectivity index (χ3n) is 2.11. The van der Waals surface area contributed by atoms with E-state index in [1.54, 1.807) is 0 Å². The molecule has 1 heterocycles. The molecule has 15 heavy (non-hydrogen) atoms. The molecule has 0 radical (unpaired) electrons. The first-order valence-corrected chi connectivity index (χ1v) is 6.40. The maximum Gasteiger partial charge on any atom is 0.207 e. The third kappa shape index (κ3) is 4.45. The first-order chi connectivity index (χ1) is 6.99. The summed E-state index contributed by atoms with van der Waals surface area (Å²) in [5, 5.41) is 8.85. The Labute approximate surface area is 100 Å². The van der Waals surface area contributed by atoms with E-state index in [-0.39, 0.29) is 0 Å². The molecule has 0 saturated heterocycles. The lowest BCUT2D eigenvalue weighted by Gasteiger charge is -2.26. The number of rotatable bonds is 5. The number of nitrogens with zero attached hydrogens (tertiary/aromatic N) is 3. The van der Waals surface area contributed by atoms with Gasteiger partial charge in [-0.1, -0.05) is 25.2 Å². The maximum atomic E-state index is 5.76. The number of hydrogen-bond acceptors (Lipinski definition) is 4. The van der Waals surface area contributed by atoms with Crippen LogP contribution in [0.3, 0.4) is 0 Å². The molecule has 0 aliphatic rings. The normalized spacial score (nSPS) is 12.0. The van der Waals surface area contributed by atoms with Gasteiger partial charge in [-0.25, -0.2) is 0 Å². The molecule has 0 amide bonds. The minimum Gasteiger partial charge on any atom is -0.294 e. The molecule has 0 aliphatic heterocycles. The van der Waals surface area contributed by atoms with Gasteiger partial charge in [-0.05, 0) is 31.4 Å². The summed E-state index contributed by atoms with van der Waals surface area (Å²) in [4.78, 5) is 2.39. The summed E-state index contributed by atoms with van der Waals surface area (Å²) in [6.45, 7) is 10.8. The Bertz CT molecular complexity index is 299. The van der Waals surface area contributed by atoms with E-state index in [0.29, 0.717) is 16.4 Å². The van der Waals surface area contributed by atoms with Gasteiger partial charge in [0.2, 0.25) is 4.47 Å². The lowest BCUT2D eigenvalue weighted by Crippen LogP contribution is -2.33. The fourth-order valence-electron chi connectivity index (χ4n) is 1.40. The second kappa shape index (κ2) is 5.77. The van der Waals surface area contributed by atoms with Crippen molar-refractivity contribution in [1.29, 1.82) is 0 Å². The molecule has 0 bridgehead atoms. The van der Waals surface area contributed by atoms with Gasteiger partial charge in [0, 0.05) is 12.6 Å². The third-order valence-corrected chi connectivity index (χ3v) is 3.11. The van der Waals surface area contributed by atoms with Gasteiger partial charge in [-0.3, -0.25) is 4.90 Å². The van der Waals surface area contributed by atoms with E-state index in [1.165, 1.54) is 11.3 Å². The molecular weight excluding hydrogens is 230 g/mol. The SMILES string of the molecule is CC(C)CN(Cc1nnc(Cl)s1)C(C)C. The van der Waals surface area contributed by atoms with Crippen LogP contribution in [0.15, 0.2) is 0 Å². The number of aromatic nitrogens is 2. The Morgan fingerprint density at radius 1 is 1.27 bits per heavy atom. The molecule has 0 N–H and O–H groups in total. The second-order valence-electron chi connectivity index (χ2n) is 4.37. The first-order valence-electron chi connectivity index (χ1n) is 5.21. The van der Waals surface area contributed by atoms with E-state index >= 15 is 0 Å². The van der Waals surface area contributed by atoms with Crippen molar-refractivity contribution in [2.45, 2.75) is 40.3 Å². The maximum absolute atomic E-state index is 5.76. The fraction of sp³-hybridized carbons (Fsp3) is 0.800. The summed E-state index contributed by atoms with van der Waals surface area (Å²) in [6.07, 6.45) is 0. The van der Waals surface area contributed by atoms with Crippen LogP contribution in [-0.2, 0) is 6.54 Å². The highest BCUT2D eigenvalue weighted by Gasteiger charge is 2.14. The topological polar surface area (TPSA) is 29.0 Å². The van der Waals surface area contributed by atoms with Crippen molar-refractivity contribution in [3.63, 3.8) is 0 Å². The molecule has 5 heteroatoms. The fourth-order valence-corrected chi connectivity index (χ4v) is 2.29. The quantitative estimate of drug-likeness (QED) is 0.801. The van der Waals surface area contributed by atoms with Crippen molar-refractivity contribution in [1.82, 2.24) is 15.1 Å². The van der Waals surface area contributed by atoms with Crippen molar-refractivity contribution in [3.8, 4) is 0 Å². The first kappa shape index (κ1) is 12.9. The van der Waals surface area contributed by atoms with Crippen LogP contribution in [-0.4, -0.2) is 27.7 Å². The molecular formula is C10H18ClN3S. The molecule has 1 rings (SSSR count). The Kier molecular flexibility index (Phi) is 4.96. The van der Waals surface area contributed by atoms with Gasteiger partial charge in [-0.2, -0.15) is 0 Å². The van der Waals surface area contributed by atoms with Crippen molar-refractivity contribution >= 4 is 22.9 Å². The van der Waals surface area contributed by atoms with Crippen LogP contribution < -0.4 is 0 Å². The highest BCUT2D eigenvalue weighted by atomic mass is 35.5. The van der Waals surface area contributed by atoms with Crippen molar-refractivity contribution in [2.24, 2.45) is 5.92 Å². The average molecular weight is 248 g/mol. The predicted octanol–water partition coefficient (Wildman–Crippen LogP) is 3.06. The second-order valence-corrected chi connectivity index (χ2v) is 6.01. The van der Waals surface area contributed by atoms with E-state index < -0.39 is 0 Å². The van der Waals surface area contributed by atoms with Gasteiger partial charge in [0.15, 0.2) is 0 Å². The van der Waals surface area contributed by atoms with Crippen LogP contribution in [0.4, 0.5) is 0 Å². The highest BCUT2D eigenvalue weighted by molar-refractivity contribution is 7.15. The van der Waals surface area contributed by atoms with E-state index in [9.17, 15) is 0 Å². The number of hydrogen-bond donors (Lipinski definition) is 0. The van der Waals surface area contributed by atoms with E-state index in [4.69, 9.17) is 11.6 Å². The zero-order valence-corrected chi connectivity index (χ0v) is 11.3. The molecule has 0 fully saturated rings. The summed E-state index contributed by atoms with van der Waals surface area (Å²) in [5.41, 5.74) is 0. The minimum atomic E-state index is 0.523. The van der Waals surface area contributed by atoms with E-state index in [1.807, 2.05) is 0 Å². The molecule has 0 aliphatic carbocycles. The monoisotopic (exact) mass is 247 g/mol. The largest absolute Gasteiger partial charge is 0.294 e. The van der Waals surface area contributed by atoms with Gasteiger partial charge in [0.1, 0.15) is 5.01 Å². The van der Waals surface area contributed by atoms with E-state index in [2.05, 4.69) is 42.8 Å². The van der Waals surface area contributed by atoms with Crippen LogP contribution in [0.1, 0.15) is 32.7 Å². The Morgan fingerprint density at radius 3 is 2.33 bits per heavy atom. The Balaban J connectivity index is 2.58. The van der Waals surface area contributed by atoms with E-state index in [0.717, 1.165) is 18.1 Å². The van der Waals surface area contributed by atoms with Crippen molar-refractivity contribution in [3.05, 3.63) is 9.47 Å². The molecule has 86 valence electrons. The van der Waals surface area contributed by atoms with Crippen LogP contribution >= 0.6 is 22.9 Å². The lowest BCUT2D eigenvalue weighted by atomic mass is 10.2. The molecule has 0 atom stereocenters. The lowest BCUT2D eigenvalue weighted by molar-refractivity contribution is 0.188. The zero-order valence-electron chi connectivity index (χ0n) is 9.70. The van der Waals surface area contributed by atoms with Gasteiger partial charge >= 0.3 is 0 Å². The smallest absolute Gasteiger partial charge is 0.207 e. The molecule has 1 aromatic rings. The highest BCUT2D eigenvalue weighted by Crippen LogP contribution is 2.18. The standard InChI is InChI=1S/C10H18ClN3S/c1-7(2)5-14(8(3)4)6-9-12-13-10(11)15-9/h7-8H,5-6H2,1-4H3. The van der Waals surface area contributed by atoms with Gasteiger partial charge in [-0.15, -0.1) is 10.2 Å². The summed E-state index contributed by atoms with van der Waals surface area (Å²) in [5.74, 6) is 0.663. The number of halogens is 1. The summed E-state index contributed by atoms with van der Waals surface area (Å²) < 4.78 is 0.526. The van der Waals surface area contributed by atoms with Crippen LogP contribution in [0.5, 0.6) is 0 Å². The summed E-state index contributed by atoms with van der Waals surface area (Å²) >= 11 is 7.22.